The topological polar surface area (TPSA) is 67.4 Å². The lowest BCUT2D eigenvalue weighted by molar-refractivity contribution is -0.118. The minimum atomic E-state index is -0.298. The van der Waals surface area contributed by atoms with Crippen LogP contribution in [0.5, 0.6) is 5.75 Å². The monoisotopic (exact) mass is 446 g/mol. The molecule has 0 unspecified atom stereocenters. The Bertz CT molecular complexity index is 857. The number of ether oxygens (including phenoxy) is 1. The molecule has 2 aromatic rings. The number of rotatable bonds is 6. The molecule has 2 amide bonds. The summed E-state index contributed by atoms with van der Waals surface area (Å²) in [6, 6.07) is 12.7. The quantitative estimate of drug-likeness (QED) is 0.662. The molecule has 0 spiro atoms. The summed E-state index contributed by atoms with van der Waals surface area (Å²) in [4.78, 5) is 24.3. The van der Waals surface area contributed by atoms with E-state index in [1.807, 2.05) is 32.0 Å². The van der Waals surface area contributed by atoms with Crippen molar-refractivity contribution in [3.8, 4) is 5.75 Å². The average Bonchev–Trinajstić information content (AvgIpc) is 2.59. The van der Waals surface area contributed by atoms with Crippen molar-refractivity contribution in [3.05, 3.63) is 58.1 Å². The molecule has 0 aliphatic heterocycles. The second-order valence-electron chi connectivity index (χ2n) is 7.94. The molecule has 0 aliphatic rings. The number of nitrogens with one attached hydrogen (secondary N) is 2. The summed E-state index contributed by atoms with van der Waals surface area (Å²) in [6.07, 6.45) is 0. The highest BCUT2D eigenvalue weighted by Gasteiger charge is 2.16. The van der Waals surface area contributed by atoms with Crippen LogP contribution in [-0.2, 0) is 10.2 Å². The first-order chi connectivity index (χ1) is 13.1. The number of carbonyl (C=O) groups excluding carboxylic acids is 2. The largest absolute Gasteiger partial charge is 0.483 e. The lowest BCUT2D eigenvalue weighted by Gasteiger charge is -2.20. The van der Waals surface area contributed by atoms with Crippen LogP contribution in [0.4, 0.5) is 5.69 Å². The number of hydrogen-bond donors (Lipinski definition) is 2. The minimum Gasteiger partial charge on any atom is -0.483 e. The van der Waals surface area contributed by atoms with Crippen LogP contribution in [0, 0.1) is 0 Å². The Labute approximate surface area is 175 Å². The standard InChI is InChI=1S/C22H27BrN2O3/c1-14(2)24-21(27)15-7-6-8-17(11-15)25-20(26)13-28-19-10-9-16(12-18(19)23)22(3,4)5/h6-12,14H,13H2,1-5H3,(H,24,27)(H,25,26). The summed E-state index contributed by atoms with van der Waals surface area (Å²) in [7, 11) is 0. The normalized spacial score (nSPS) is 11.2. The van der Waals surface area contributed by atoms with Crippen molar-refractivity contribution in [1.29, 1.82) is 0 Å². The zero-order valence-electron chi connectivity index (χ0n) is 16.9. The summed E-state index contributed by atoms with van der Waals surface area (Å²) in [5.74, 6) is 0.131. The molecule has 0 atom stereocenters. The minimum absolute atomic E-state index is 0.0330. The van der Waals surface area contributed by atoms with Gasteiger partial charge in [-0.1, -0.05) is 32.9 Å². The Kier molecular flexibility index (Phi) is 7.24. The van der Waals surface area contributed by atoms with E-state index in [1.54, 1.807) is 24.3 Å². The Morgan fingerprint density at radius 1 is 1.11 bits per heavy atom. The van der Waals surface area contributed by atoms with Gasteiger partial charge in [-0.05, 0) is 71.1 Å². The van der Waals surface area contributed by atoms with Crippen LogP contribution < -0.4 is 15.4 Å². The third-order valence-electron chi connectivity index (χ3n) is 3.98. The van der Waals surface area contributed by atoms with E-state index in [-0.39, 0.29) is 29.9 Å². The molecule has 0 bridgehead atoms. The Morgan fingerprint density at radius 2 is 1.82 bits per heavy atom. The highest BCUT2D eigenvalue weighted by molar-refractivity contribution is 9.10. The van der Waals surface area contributed by atoms with E-state index >= 15 is 0 Å². The first-order valence-electron chi connectivity index (χ1n) is 9.20. The van der Waals surface area contributed by atoms with Gasteiger partial charge in [0.05, 0.1) is 4.47 Å². The average molecular weight is 447 g/mol. The summed E-state index contributed by atoms with van der Waals surface area (Å²) >= 11 is 3.50. The third kappa shape index (κ3) is 6.37. The number of hydrogen-bond acceptors (Lipinski definition) is 3. The first-order valence-corrected chi connectivity index (χ1v) is 9.99. The van der Waals surface area contributed by atoms with Crippen molar-refractivity contribution < 1.29 is 14.3 Å². The fourth-order valence-corrected chi connectivity index (χ4v) is 3.00. The number of halogens is 1. The van der Waals surface area contributed by atoms with E-state index in [2.05, 4.69) is 47.3 Å². The van der Waals surface area contributed by atoms with Crippen molar-refractivity contribution in [3.63, 3.8) is 0 Å². The molecule has 0 saturated carbocycles. The van der Waals surface area contributed by atoms with Crippen molar-refractivity contribution in [2.45, 2.75) is 46.1 Å². The van der Waals surface area contributed by atoms with Crippen molar-refractivity contribution >= 4 is 33.4 Å². The number of amides is 2. The van der Waals surface area contributed by atoms with Gasteiger partial charge < -0.3 is 15.4 Å². The van der Waals surface area contributed by atoms with Crippen molar-refractivity contribution in [1.82, 2.24) is 5.32 Å². The summed E-state index contributed by atoms with van der Waals surface area (Å²) in [5.41, 5.74) is 2.25. The van der Waals surface area contributed by atoms with Crippen LogP contribution in [0.2, 0.25) is 0 Å². The van der Waals surface area contributed by atoms with Gasteiger partial charge in [0, 0.05) is 17.3 Å². The van der Waals surface area contributed by atoms with Gasteiger partial charge in [-0.2, -0.15) is 0 Å². The van der Waals surface area contributed by atoms with E-state index in [4.69, 9.17) is 4.74 Å². The second-order valence-corrected chi connectivity index (χ2v) is 8.80. The van der Waals surface area contributed by atoms with E-state index in [1.165, 1.54) is 5.56 Å². The maximum Gasteiger partial charge on any atom is 0.262 e. The Balaban J connectivity index is 1.97. The summed E-state index contributed by atoms with van der Waals surface area (Å²) in [6.45, 7) is 10.1. The van der Waals surface area contributed by atoms with Crippen LogP contribution in [0.1, 0.15) is 50.5 Å². The number of carbonyl (C=O) groups is 2. The van der Waals surface area contributed by atoms with Crippen LogP contribution >= 0.6 is 15.9 Å². The van der Waals surface area contributed by atoms with E-state index in [0.717, 1.165) is 4.47 Å². The molecular formula is C22H27BrN2O3. The molecule has 0 fully saturated rings. The van der Waals surface area contributed by atoms with Crippen LogP contribution in [0.3, 0.4) is 0 Å². The van der Waals surface area contributed by atoms with Gasteiger partial charge in [-0.3, -0.25) is 9.59 Å². The maximum atomic E-state index is 12.2. The third-order valence-corrected chi connectivity index (χ3v) is 4.60. The number of anilines is 1. The lowest BCUT2D eigenvalue weighted by Crippen LogP contribution is -2.30. The van der Waals surface area contributed by atoms with Gasteiger partial charge in [-0.15, -0.1) is 0 Å². The molecule has 5 nitrogen and oxygen atoms in total. The molecule has 0 radical (unpaired) electrons. The molecule has 28 heavy (non-hydrogen) atoms. The molecule has 2 N–H and O–H groups in total. The predicted octanol–water partition coefficient (Wildman–Crippen LogP) is 4.90. The summed E-state index contributed by atoms with van der Waals surface area (Å²) in [5, 5.41) is 5.58. The predicted molar refractivity (Wildman–Crippen MR) is 116 cm³/mol. The van der Waals surface area contributed by atoms with Gasteiger partial charge in [0.1, 0.15) is 5.75 Å². The van der Waals surface area contributed by atoms with E-state index in [0.29, 0.717) is 17.0 Å². The first kappa shape index (κ1) is 22.0. The fraction of sp³-hybridized carbons (Fsp3) is 0.364. The maximum absolute atomic E-state index is 12.2. The van der Waals surface area contributed by atoms with Crippen LogP contribution in [-0.4, -0.2) is 24.5 Å². The molecule has 0 aromatic heterocycles. The van der Waals surface area contributed by atoms with Gasteiger partial charge in [0.2, 0.25) is 0 Å². The van der Waals surface area contributed by atoms with Gasteiger partial charge in [0.25, 0.3) is 11.8 Å². The second kappa shape index (κ2) is 9.24. The lowest BCUT2D eigenvalue weighted by atomic mass is 9.87. The van der Waals surface area contributed by atoms with E-state index in [9.17, 15) is 9.59 Å². The molecule has 0 saturated heterocycles. The molecule has 2 rings (SSSR count). The van der Waals surface area contributed by atoms with Crippen molar-refractivity contribution in [2.24, 2.45) is 0 Å². The van der Waals surface area contributed by atoms with Gasteiger partial charge >= 0.3 is 0 Å². The smallest absolute Gasteiger partial charge is 0.262 e. The van der Waals surface area contributed by atoms with Crippen LogP contribution in [0.15, 0.2) is 46.9 Å². The molecule has 0 aliphatic carbocycles. The molecular weight excluding hydrogens is 420 g/mol. The van der Waals surface area contributed by atoms with Crippen molar-refractivity contribution in [2.75, 3.05) is 11.9 Å². The van der Waals surface area contributed by atoms with E-state index < -0.39 is 0 Å². The van der Waals surface area contributed by atoms with Gasteiger partial charge in [-0.25, -0.2) is 0 Å². The highest BCUT2D eigenvalue weighted by Crippen LogP contribution is 2.31. The van der Waals surface area contributed by atoms with Gasteiger partial charge in [0.15, 0.2) is 6.61 Å². The Hall–Kier alpha value is -2.34. The molecule has 2 aromatic carbocycles. The summed E-state index contributed by atoms with van der Waals surface area (Å²) < 4.78 is 6.44. The SMILES string of the molecule is CC(C)NC(=O)c1cccc(NC(=O)COc2ccc(C(C)(C)C)cc2Br)c1. The Morgan fingerprint density at radius 3 is 2.43 bits per heavy atom. The zero-order chi connectivity index (χ0) is 20.9. The fourth-order valence-electron chi connectivity index (χ4n) is 2.51. The number of benzene rings is 2. The molecule has 0 heterocycles. The zero-order valence-corrected chi connectivity index (χ0v) is 18.5. The molecule has 6 heteroatoms. The molecule has 150 valence electrons. The van der Waals surface area contributed by atoms with Crippen LogP contribution in [0.25, 0.3) is 0 Å². The highest BCUT2D eigenvalue weighted by atomic mass is 79.9.